The van der Waals surface area contributed by atoms with E-state index >= 15 is 0 Å². The van der Waals surface area contributed by atoms with Gasteiger partial charge in [-0.15, -0.1) is 0 Å². The zero-order chi connectivity index (χ0) is 12.4. The molecule has 0 saturated heterocycles. The molecule has 6 nitrogen and oxygen atoms in total. The van der Waals surface area contributed by atoms with E-state index in [0.29, 0.717) is 32.8 Å². The van der Waals surface area contributed by atoms with Crippen molar-refractivity contribution in [1.29, 1.82) is 0 Å². The predicted molar refractivity (Wildman–Crippen MR) is 62.8 cm³/mol. The minimum absolute atomic E-state index is 0.125. The molecule has 98 valence electrons. The second-order valence-corrected chi connectivity index (χ2v) is 5.63. The van der Waals surface area contributed by atoms with Crippen molar-refractivity contribution >= 4 is 10.0 Å². The van der Waals surface area contributed by atoms with Gasteiger partial charge in [0.15, 0.2) is 0 Å². The van der Waals surface area contributed by atoms with Crippen molar-refractivity contribution in [2.75, 3.05) is 40.0 Å². The molecule has 0 aliphatic heterocycles. The molecule has 0 aromatic heterocycles. The zero-order valence-corrected chi connectivity index (χ0v) is 10.8. The van der Waals surface area contributed by atoms with Crippen LogP contribution >= 0.6 is 0 Å². The van der Waals surface area contributed by atoms with Crippen LogP contribution < -0.4 is 10.5 Å². The van der Waals surface area contributed by atoms with Gasteiger partial charge in [0, 0.05) is 26.8 Å². The molecule has 0 bridgehead atoms. The molecular formula is C9H22N2O4S. The fourth-order valence-electron chi connectivity index (χ4n) is 0.902. The normalized spacial score (nSPS) is 13.9. The van der Waals surface area contributed by atoms with Crippen LogP contribution in [0.4, 0.5) is 0 Å². The second kappa shape index (κ2) is 8.89. The first-order chi connectivity index (χ1) is 7.54. The Morgan fingerprint density at radius 2 is 2.00 bits per heavy atom. The first kappa shape index (κ1) is 15.8. The molecule has 0 aliphatic carbocycles. The highest BCUT2D eigenvalue weighted by atomic mass is 32.2. The lowest BCUT2D eigenvalue weighted by molar-refractivity contribution is 0.0699. The van der Waals surface area contributed by atoms with E-state index in [1.165, 1.54) is 0 Å². The van der Waals surface area contributed by atoms with E-state index in [4.69, 9.17) is 15.2 Å². The van der Waals surface area contributed by atoms with Crippen molar-refractivity contribution in [3.63, 3.8) is 0 Å². The molecule has 0 rings (SSSR count). The van der Waals surface area contributed by atoms with Gasteiger partial charge in [0.1, 0.15) is 0 Å². The van der Waals surface area contributed by atoms with Gasteiger partial charge in [-0.2, -0.15) is 0 Å². The Hall–Kier alpha value is -0.210. The summed E-state index contributed by atoms with van der Waals surface area (Å²) < 4.78 is 35.4. The summed E-state index contributed by atoms with van der Waals surface area (Å²) >= 11 is 0. The largest absolute Gasteiger partial charge is 0.382 e. The van der Waals surface area contributed by atoms with Crippen molar-refractivity contribution in [1.82, 2.24) is 4.72 Å². The van der Waals surface area contributed by atoms with Gasteiger partial charge in [0.25, 0.3) is 0 Å². The fourth-order valence-corrected chi connectivity index (χ4v) is 1.87. The first-order valence-corrected chi connectivity index (χ1v) is 6.84. The maximum atomic E-state index is 11.4. The number of nitrogens with two attached hydrogens (primary N) is 1. The number of rotatable bonds is 10. The maximum absolute atomic E-state index is 11.4. The van der Waals surface area contributed by atoms with Gasteiger partial charge in [-0.05, 0) is 13.3 Å². The third-order valence-electron chi connectivity index (χ3n) is 2.06. The van der Waals surface area contributed by atoms with E-state index < -0.39 is 15.3 Å². The molecule has 1 atom stereocenters. The predicted octanol–water partition coefficient (Wildman–Crippen LogP) is -0.694. The lowest BCUT2D eigenvalue weighted by Gasteiger charge is -2.11. The monoisotopic (exact) mass is 254 g/mol. The smallest absolute Gasteiger partial charge is 0.215 e. The van der Waals surface area contributed by atoms with Crippen molar-refractivity contribution in [3.05, 3.63) is 0 Å². The summed E-state index contributed by atoms with van der Waals surface area (Å²) in [5.74, 6) is 0. The molecule has 1 unspecified atom stereocenters. The van der Waals surface area contributed by atoms with Crippen molar-refractivity contribution in [3.8, 4) is 0 Å². The zero-order valence-electron chi connectivity index (χ0n) is 9.94. The van der Waals surface area contributed by atoms with Crippen LogP contribution in [0, 0.1) is 0 Å². The molecule has 0 aromatic carbocycles. The Bertz CT molecular complexity index is 256. The minimum atomic E-state index is -3.26. The van der Waals surface area contributed by atoms with Crippen LogP contribution in [0.2, 0.25) is 0 Å². The number of hydrogen-bond donors (Lipinski definition) is 2. The van der Waals surface area contributed by atoms with Gasteiger partial charge >= 0.3 is 0 Å². The molecule has 16 heavy (non-hydrogen) atoms. The number of hydrogen-bond acceptors (Lipinski definition) is 5. The highest BCUT2D eigenvalue weighted by molar-refractivity contribution is 7.90. The number of sulfonamides is 1. The molecule has 0 aromatic rings. The van der Waals surface area contributed by atoms with Crippen LogP contribution in [0.5, 0.6) is 0 Å². The first-order valence-electron chi connectivity index (χ1n) is 5.29. The van der Waals surface area contributed by atoms with E-state index in [1.807, 2.05) is 0 Å². The molecule has 7 heteroatoms. The van der Waals surface area contributed by atoms with Crippen LogP contribution in [0.1, 0.15) is 13.3 Å². The summed E-state index contributed by atoms with van der Waals surface area (Å²) in [5.41, 5.74) is 5.29. The van der Waals surface area contributed by atoms with Crippen LogP contribution in [-0.4, -0.2) is 53.7 Å². The minimum Gasteiger partial charge on any atom is -0.382 e. The molecule has 0 amide bonds. The van der Waals surface area contributed by atoms with E-state index in [9.17, 15) is 8.42 Å². The van der Waals surface area contributed by atoms with Gasteiger partial charge in [-0.25, -0.2) is 13.1 Å². The Kier molecular flexibility index (Phi) is 8.77. The molecule has 0 saturated carbocycles. The van der Waals surface area contributed by atoms with Gasteiger partial charge < -0.3 is 15.2 Å². The third-order valence-corrected chi connectivity index (χ3v) is 3.92. The summed E-state index contributed by atoms with van der Waals surface area (Å²) in [5, 5.41) is -0.554. The third kappa shape index (κ3) is 7.13. The van der Waals surface area contributed by atoms with Crippen molar-refractivity contribution in [2.45, 2.75) is 18.6 Å². The lowest BCUT2D eigenvalue weighted by Crippen LogP contribution is -2.37. The van der Waals surface area contributed by atoms with Gasteiger partial charge in [-0.1, -0.05) is 0 Å². The van der Waals surface area contributed by atoms with Crippen LogP contribution in [0.25, 0.3) is 0 Å². The molecule has 3 N–H and O–H groups in total. The van der Waals surface area contributed by atoms with Gasteiger partial charge in [0.05, 0.1) is 18.5 Å². The maximum Gasteiger partial charge on any atom is 0.215 e. The van der Waals surface area contributed by atoms with Crippen LogP contribution in [-0.2, 0) is 19.5 Å². The number of nitrogens with one attached hydrogen (secondary N) is 1. The van der Waals surface area contributed by atoms with Gasteiger partial charge in [-0.3, -0.25) is 0 Å². The summed E-state index contributed by atoms with van der Waals surface area (Å²) in [7, 11) is -1.66. The SMILES string of the molecule is COCCOCCCNS(=O)(=O)C(C)CN. The second-order valence-electron chi connectivity index (χ2n) is 3.44. The van der Waals surface area contributed by atoms with E-state index in [1.54, 1.807) is 14.0 Å². The van der Waals surface area contributed by atoms with Crippen LogP contribution in [0.3, 0.4) is 0 Å². The van der Waals surface area contributed by atoms with Crippen molar-refractivity contribution in [2.24, 2.45) is 5.73 Å². The molecule has 0 heterocycles. The summed E-state index contributed by atoms with van der Waals surface area (Å²) in [6.45, 7) is 3.68. The molecule has 0 spiro atoms. The average Bonchev–Trinajstić information content (AvgIpc) is 2.26. The number of ether oxygens (including phenoxy) is 2. The average molecular weight is 254 g/mol. The summed E-state index contributed by atoms with van der Waals surface area (Å²) in [6, 6.07) is 0. The van der Waals surface area contributed by atoms with E-state index in [2.05, 4.69) is 4.72 Å². The molecular weight excluding hydrogens is 232 g/mol. The Balaban J connectivity index is 3.51. The van der Waals surface area contributed by atoms with Crippen molar-refractivity contribution < 1.29 is 17.9 Å². The lowest BCUT2D eigenvalue weighted by atomic mass is 10.5. The highest BCUT2D eigenvalue weighted by Gasteiger charge is 2.17. The summed E-state index contributed by atoms with van der Waals surface area (Å²) in [6.07, 6.45) is 0.639. The Labute approximate surface area is 97.5 Å². The topological polar surface area (TPSA) is 90.6 Å². The highest BCUT2D eigenvalue weighted by Crippen LogP contribution is 1.95. The standard InChI is InChI=1S/C9H22N2O4S/c1-9(8-10)16(12,13)11-4-3-5-15-7-6-14-2/h9,11H,3-8,10H2,1-2H3. The molecule has 0 radical (unpaired) electrons. The molecule has 0 aliphatic rings. The number of methoxy groups -OCH3 is 1. The molecule has 0 fully saturated rings. The Morgan fingerprint density at radius 3 is 2.56 bits per heavy atom. The van der Waals surface area contributed by atoms with E-state index in [-0.39, 0.29) is 6.54 Å². The van der Waals surface area contributed by atoms with Gasteiger partial charge in [0.2, 0.25) is 10.0 Å². The van der Waals surface area contributed by atoms with E-state index in [0.717, 1.165) is 0 Å². The van der Waals surface area contributed by atoms with Crippen LogP contribution in [0.15, 0.2) is 0 Å². The fraction of sp³-hybridized carbons (Fsp3) is 1.00. The summed E-state index contributed by atoms with van der Waals surface area (Å²) in [4.78, 5) is 0. The Morgan fingerprint density at radius 1 is 1.31 bits per heavy atom. The quantitative estimate of drug-likeness (QED) is 0.503.